The zero-order chi connectivity index (χ0) is 21.8. The second-order valence-corrected chi connectivity index (χ2v) is 9.12. The van der Waals surface area contributed by atoms with E-state index in [0.717, 1.165) is 29.7 Å². The highest BCUT2D eigenvalue weighted by Crippen LogP contribution is 2.32. The summed E-state index contributed by atoms with van der Waals surface area (Å²) in [6.45, 7) is 4.72. The Balaban J connectivity index is 1.43. The van der Waals surface area contributed by atoms with Crippen molar-refractivity contribution >= 4 is 29.1 Å². The second-order valence-electron chi connectivity index (χ2n) is 8.68. The van der Waals surface area contributed by atoms with Gasteiger partial charge in [0.15, 0.2) is 0 Å². The van der Waals surface area contributed by atoms with E-state index in [0.29, 0.717) is 37.1 Å². The maximum absolute atomic E-state index is 13.3. The van der Waals surface area contributed by atoms with Crippen molar-refractivity contribution in [3.63, 3.8) is 0 Å². The van der Waals surface area contributed by atoms with Crippen LogP contribution in [0.3, 0.4) is 0 Å². The Kier molecular flexibility index (Phi) is 6.93. The predicted octanol–water partition coefficient (Wildman–Crippen LogP) is 4.60. The van der Waals surface area contributed by atoms with Gasteiger partial charge in [0.05, 0.1) is 6.04 Å². The predicted molar refractivity (Wildman–Crippen MR) is 124 cm³/mol. The molecule has 1 heterocycles. The minimum Gasteiger partial charge on any atom is -0.336 e. The van der Waals surface area contributed by atoms with Crippen LogP contribution in [0, 0.1) is 12.8 Å². The molecule has 0 spiro atoms. The Morgan fingerprint density at radius 1 is 1.00 bits per heavy atom. The SMILES string of the molecule is Cc1ccc(C(=O)N2CCN(C(C(=O)Nc3cccc(Cl)c3)C3CCCC3)CC2)cc1. The first-order valence-electron chi connectivity index (χ1n) is 11.2. The van der Waals surface area contributed by atoms with Gasteiger partial charge in [0.2, 0.25) is 5.91 Å². The molecule has 2 aliphatic rings. The highest BCUT2D eigenvalue weighted by molar-refractivity contribution is 6.30. The Labute approximate surface area is 189 Å². The summed E-state index contributed by atoms with van der Waals surface area (Å²) in [7, 11) is 0. The largest absolute Gasteiger partial charge is 0.336 e. The zero-order valence-electron chi connectivity index (χ0n) is 18.0. The fraction of sp³-hybridized carbons (Fsp3) is 0.440. The molecule has 1 aliphatic heterocycles. The summed E-state index contributed by atoms with van der Waals surface area (Å²) >= 11 is 6.09. The van der Waals surface area contributed by atoms with Crippen LogP contribution < -0.4 is 5.32 Å². The van der Waals surface area contributed by atoms with Crippen molar-refractivity contribution < 1.29 is 9.59 Å². The van der Waals surface area contributed by atoms with Gasteiger partial charge in [0.1, 0.15) is 0 Å². The number of nitrogens with zero attached hydrogens (tertiary/aromatic N) is 2. The molecule has 1 saturated carbocycles. The Morgan fingerprint density at radius 3 is 2.32 bits per heavy atom. The highest BCUT2D eigenvalue weighted by Gasteiger charge is 2.37. The molecule has 1 unspecified atom stereocenters. The van der Waals surface area contributed by atoms with Crippen molar-refractivity contribution in [1.82, 2.24) is 9.80 Å². The number of carbonyl (C=O) groups is 2. The van der Waals surface area contributed by atoms with Crippen LogP contribution in [0.15, 0.2) is 48.5 Å². The third-order valence-electron chi connectivity index (χ3n) is 6.50. The van der Waals surface area contributed by atoms with Crippen molar-refractivity contribution in [2.75, 3.05) is 31.5 Å². The molecule has 31 heavy (non-hydrogen) atoms. The molecule has 2 amide bonds. The number of nitrogens with one attached hydrogen (secondary N) is 1. The molecule has 5 nitrogen and oxygen atoms in total. The molecular weight excluding hydrogens is 410 g/mol. The average molecular weight is 440 g/mol. The number of halogens is 1. The van der Waals surface area contributed by atoms with Crippen molar-refractivity contribution in [3.8, 4) is 0 Å². The zero-order valence-corrected chi connectivity index (χ0v) is 18.8. The van der Waals surface area contributed by atoms with E-state index in [9.17, 15) is 9.59 Å². The van der Waals surface area contributed by atoms with E-state index in [4.69, 9.17) is 11.6 Å². The Bertz CT molecular complexity index is 917. The van der Waals surface area contributed by atoms with Crippen molar-refractivity contribution in [2.45, 2.75) is 38.6 Å². The molecule has 1 saturated heterocycles. The van der Waals surface area contributed by atoms with Gasteiger partial charge < -0.3 is 10.2 Å². The standard InChI is InChI=1S/C25H30ClN3O2/c1-18-9-11-20(12-10-18)25(31)29-15-13-28(14-16-29)23(19-5-2-3-6-19)24(30)27-22-8-4-7-21(26)17-22/h4,7-12,17,19,23H,2-3,5-6,13-16H2,1H3,(H,27,30). The number of benzene rings is 2. The van der Waals surface area contributed by atoms with Crippen LogP contribution in [0.4, 0.5) is 5.69 Å². The van der Waals surface area contributed by atoms with Crippen molar-refractivity contribution in [2.24, 2.45) is 5.92 Å². The molecule has 1 N–H and O–H groups in total. The van der Waals surface area contributed by atoms with Gasteiger partial charge in [-0.25, -0.2) is 0 Å². The third-order valence-corrected chi connectivity index (χ3v) is 6.74. The fourth-order valence-electron chi connectivity index (χ4n) is 4.82. The smallest absolute Gasteiger partial charge is 0.253 e. The first kappa shape index (κ1) is 21.8. The monoisotopic (exact) mass is 439 g/mol. The number of aryl methyl sites for hydroxylation is 1. The number of piperazine rings is 1. The van der Waals surface area contributed by atoms with Gasteiger partial charge in [0, 0.05) is 42.5 Å². The minimum absolute atomic E-state index is 0.0347. The normalized spacial score (nSPS) is 18.7. The molecule has 1 aliphatic carbocycles. The number of anilines is 1. The van der Waals surface area contributed by atoms with Gasteiger partial charge in [-0.05, 0) is 56.0 Å². The van der Waals surface area contributed by atoms with Crippen molar-refractivity contribution in [1.29, 1.82) is 0 Å². The topological polar surface area (TPSA) is 52.7 Å². The van der Waals surface area contributed by atoms with E-state index in [2.05, 4.69) is 10.2 Å². The minimum atomic E-state index is -0.168. The highest BCUT2D eigenvalue weighted by atomic mass is 35.5. The molecular formula is C25H30ClN3O2. The molecule has 0 bridgehead atoms. The quantitative estimate of drug-likeness (QED) is 0.740. The molecule has 164 valence electrons. The van der Waals surface area contributed by atoms with Gasteiger partial charge in [-0.1, -0.05) is 48.2 Å². The lowest BCUT2D eigenvalue weighted by molar-refractivity contribution is -0.123. The lowest BCUT2D eigenvalue weighted by Crippen LogP contribution is -2.56. The molecule has 2 aromatic carbocycles. The van der Waals surface area contributed by atoms with Crippen LogP contribution in [-0.4, -0.2) is 53.8 Å². The molecule has 0 aromatic heterocycles. The Hall–Kier alpha value is -2.37. The van der Waals surface area contributed by atoms with Crippen LogP contribution in [0.1, 0.15) is 41.6 Å². The van der Waals surface area contributed by atoms with E-state index in [1.807, 2.05) is 48.2 Å². The molecule has 6 heteroatoms. The summed E-state index contributed by atoms with van der Waals surface area (Å²) in [4.78, 5) is 30.3. The third kappa shape index (κ3) is 5.28. The molecule has 0 radical (unpaired) electrons. The van der Waals surface area contributed by atoms with E-state index >= 15 is 0 Å². The summed E-state index contributed by atoms with van der Waals surface area (Å²) in [6.07, 6.45) is 4.52. The average Bonchev–Trinajstić information content (AvgIpc) is 3.29. The van der Waals surface area contributed by atoms with E-state index in [1.54, 1.807) is 12.1 Å². The summed E-state index contributed by atoms with van der Waals surface area (Å²) in [5, 5.41) is 3.69. The van der Waals surface area contributed by atoms with Crippen LogP contribution in [0.5, 0.6) is 0 Å². The lowest BCUT2D eigenvalue weighted by Gasteiger charge is -2.40. The first-order chi connectivity index (χ1) is 15.0. The van der Waals surface area contributed by atoms with Crippen molar-refractivity contribution in [3.05, 3.63) is 64.7 Å². The molecule has 1 atom stereocenters. The van der Waals surface area contributed by atoms with Gasteiger partial charge in [0.25, 0.3) is 5.91 Å². The summed E-state index contributed by atoms with van der Waals surface area (Å²) in [5.74, 6) is 0.464. The van der Waals surface area contributed by atoms with E-state index < -0.39 is 0 Å². The lowest BCUT2D eigenvalue weighted by atomic mass is 9.94. The van der Waals surface area contributed by atoms with E-state index in [-0.39, 0.29) is 17.9 Å². The number of amides is 2. The van der Waals surface area contributed by atoms with Crippen LogP contribution >= 0.6 is 11.6 Å². The molecule has 2 fully saturated rings. The van der Waals surface area contributed by atoms with Crippen LogP contribution in [-0.2, 0) is 4.79 Å². The number of hydrogen-bond acceptors (Lipinski definition) is 3. The van der Waals surface area contributed by atoms with Gasteiger partial charge >= 0.3 is 0 Å². The van der Waals surface area contributed by atoms with Gasteiger partial charge in [-0.2, -0.15) is 0 Å². The summed E-state index contributed by atoms with van der Waals surface area (Å²) in [5.41, 5.74) is 2.60. The second kappa shape index (κ2) is 9.84. The first-order valence-corrected chi connectivity index (χ1v) is 11.6. The Morgan fingerprint density at radius 2 is 1.68 bits per heavy atom. The van der Waals surface area contributed by atoms with Gasteiger partial charge in [-0.15, -0.1) is 0 Å². The fourth-order valence-corrected chi connectivity index (χ4v) is 5.01. The number of hydrogen-bond donors (Lipinski definition) is 1. The molecule has 4 rings (SSSR count). The summed E-state index contributed by atoms with van der Waals surface area (Å²) < 4.78 is 0. The number of carbonyl (C=O) groups excluding carboxylic acids is 2. The maximum Gasteiger partial charge on any atom is 0.253 e. The van der Waals surface area contributed by atoms with Gasteiger partial charge in [-0.3, -0.25) is 14.5 Å². The molecule has 2 aromatic rings. The maximum atomic E-state index is 13.3. The van der Waals surface area contributed by atoms with E-state index in [1.165, 1.54) is 12.8 Å². The van der Waals surface area contributed by atoms with Crippen LogP contribution in [0.2, 0.25) is 5.02 Å². The summed E-state index contributed by atoms with van der Waals surface area (Å²) in [6, 6.07) is 14.9. The van der Waals surface area contributed by atoms with Crippen LogP contribution in [0.25, 0.3) is 0 Å². The number of rotatable bonds is 5.